The van der Waals surface area contributed by atoms with Crippen LogP contribution in [-0.2, 0) is 9.47 Å². The Labute approximate surface area is 302 Å². The van der Waals surface area contributed by atoms with E-state index in [4.69, 9.17) is 9.47 Å². The summed E-state index contributed by atoms with van der Waals surface area (Å²) < 4.78 is 13.8. The molecule has 0 aromatic heterocycles. The minimum absolute atomic E-state index is 0.183. The second-order valence-corrected chi connectivity index (χ2v) is 15.4. The van der Waals surface area contributed by atoms with Crippen molar-refractivity contribution in [2.75, 3.05) is 0 Å². The normalized spacial score (nSPS) is 39.4. The summed E-state index contributed by atoms with van der Waals surface area (Å²) in [7, 11) is 0. The van der Waals surface area contributed by atoms with E-state index in [-0.39, 0.29) is 24.0 Å². The number of phenolic OH excluding ortho intramolecular Hbond substituents is 4. The number of phenols is 4. The van der Waals surface area contributed by atoms with Crippen molar-refractivity contribution in [3.8, 4) is 23.0 Å². The van der Waals surface area contributed by atoms with E-state index in [1.165, 1.54) is 0 Å². The molecular weight excluding hydrogens is 708 g/mol. The van der Waals surface area contributed by atoms with Crippen molar-refractivity contribution in [3.63, 3.8) is 0 Å². The van der Waals surface area contributed by atoms with Gasteiger partial charge in [-0.05, 0) is 37.1 Å². The zero-order valence-electron chi connectivity index (χ0n) is 28.1. The van der Waals surface area contributed by atoms with Crippen LogP contribution in [0.1, 0.15) is 102 Å². The number of nitrogens with zero attached hydrogens (tertiary/aromatic N) is 2. The van der Waals surface area contributed by atoms with E-state index in [9.17, 15) is 65.6 Å². The largest absolute Gasteiger partial charge is 0.507 e. The number of hydrogen-bond donors (Lipinski definition) is 8. The van der Waals surface area contributed by atoms with Crippen LogP contribution in [0.25, 0.3) is 16.7 Å². The first-order chi connectivity index (χ1) is 25.5. The van der Waals surface area contributed by atoms with Crippen molar-refractivity contribution in [2.24, 2.45) is 11.8 Å². The van der Waals surface area contributed by atoms with E-state index in [1.54, 1.807) is 13.8 Å². The quantitative estimate of drug-likeness (QED) is 0.160. The van der Waals surface area contributed by atoms with Gasteiger partial charge in [0.05, 0.1) is 45.2 Å². The Hall–Kier alpha value is -5.36. The van der Waals surface area contributed by atoms with E-state index in [1.807, 2.05) is 0 Å². The summed E-state index contributed by atoms with van der Waals surface area (Å²) >= 11 is 0. The fourth-order valence-corrected chi connectivity index (χ4v) is 11.9. The lowest BCUT2D eigenvalue weighted by Crippen LogP contribution is -2.62. The second-order valence-electron chi connectivity index (χ2n) is 15.4. The lowest BCUT2D eigenvalue weighted by molar-refractivity contribution is -0.618. The molecule has 2 saturated heterocycles. The summed E-state index contributed by atoms with van der Waals surface area (Å²) in [5.41, 5.74) is 2.76. The molecule has 0 radical (unpaired) electrons. The summed E-state index contributed by atoms with van der Waals surface area (Å²) in [4.78, 5) is 53.1. The molecular formula is C38H28N2O14. The first-order valence-electron chi connectivity index (χ1n) is 17.4. The number of hydrogen-bond acceptors (Lipinski definition) is 14. The van der Waals surface area contributed by atoms with E-state index in [0.29, 0.717) is 4.70 Å². The van der Waals surface area contributed by atoms with Crippen LogP contribution in [0.15, 0.2) is 35.5 Å². The third-order valence-corrected chi connectivity index (χ3v) is 13.7. The Bertz CT molecular complexity index is 2410. The molecule has 0 spiro atoms. The number of allylic oxidation sites excluding steroid dienone is 4. The Balaban J connectivity index is 1.37. The maximum atomic E-state index is 13.3. The van der Waals surface area contributed by atoms with Gasteiger partial charge in [0, 0.05) is 33.4 Å². The average Bonchev–Trinajstić information content (AvgIpc) is 3.86. The number of aromatic hydroxyl groups is 4. The van der Waals surface area contributed by atoms with Gasteiger partial charge in [-0.1, -0.05) is 13.8 Å². The third-order valence-electron chi connectivity index (χ3n) is 13.7. The standard InChI is InChI=1S/C38H28N2O14/c1-3-35-31-32-36(4-2)34(50)22-24(38(32,52)53-35)18-20(30(48)16-12(44)8-6-10(42)14(16)28(18)46)26(22)40(39)25-19-17(23(21(25)33(35)49)37(31,51)54-36)27(45)13-9(41)5-7-11(43)15(13)29(19)47/h5-8,25-26,31-34,45-52H,3-4H2,1-2H3/t25?,26?,31-,32-,33-,34-,35+,36+,37+,38+/m1/s1. The van der Waals surface area contributed by atoms with Crippen LogP contribution in [-0.4, -0.2) is 104 Å². The Morgan fingerprint density at radius 2 is 0.907 bits per heavy atom. The summed E-state index contributed by atoms with van der Waals surface area (Å²) in [5.74, 6) is -15.7. The second kappa shape index (κ2) is 8.94. The summed E-state index contributed by atoms with van der Waals surface area (Å²) in [6.07, 6.45) is -0.708. The molecule has 2 unspecified atom stereocenters. The van der Waals surface area contributed by atoms with Crippen molar-refractivity contribution in [1.82, 2.24) is 0 Å². The summed E-state index contributed by atoms with van der Waals surface area (Å²) in [6, 6.07) is -3.82. The number of benzene rings is 2. The molecule has 274 valence electrons. The Morgan fingerprint density at radius 3 is 1.22 bits per heavy atom. The fraction of sp³-hybridized carbons (Fsp3) is 0.368. The lowest BCUT2D eigenvalue weighted by atomic mass is 9.57. The molecule has 2 aromatic carbocycles. The zero-order chi connectivity index (χ0) is 38.2. The molecule has 54 heavy (non-hydrogen) atoms. The fourth-order valence-electron chi connectivity index (χ4n) is 11.9. The van der Waals surface area contributed by atoms with Gasteiger partial charge >= 0.3 is 0 Å². The van der Waals surface area contributed by atoms with Crippen LogP contribution >= 0.6 is 0 Å². The topological polar surface area (TPSA) is 274 Å². The number of ketones is 4. The molecule has 12 rings (SSSR count). The molecule has 2 fully saturated rings. The average molecular weight is 737 g/mol. The first-order valence-corrected chi connectivity index (χ1v) is 17.4. The summed E-state index contributed by atoms with van der Waals surface area (Å²) in [5, 5.41) is 99.8. The van der Waals surface area contributed by atoms with Crippen LogP contribution < -0.4 is 0 Å². The van der Waals surface area contributed by atoms with Gasteiger partial charge in [-0.25, -0.2) is 0 Å². The van der Waals surface area contributed by atoms with Crippen LogP contribution in [0.5, 0.6) is 23.0 Å². The maximum absolute atomic E-state index is 13.3. The maximum Gasteiger partial charge on any atom is 0.200 e. The molecule has 16 nitrogen and oxygen atoms in total. The molecule has 0 saturated carbocycles. The van der Waals surface area contributed by atoms with Crippen molar-refractivity contribution in [2.45, 2.75) is 73.8 Å². The van der Waals surface area contributed by atoms with Crippen LogP contribution in [0.4, 0.5) is 0 Å². The van der Waals surface area contributed by atoms with Crippen molar-refractivity contribution in [1.29, 1.82) is 0 Å². The molecule has 8 N–H and O–H groups in total. The molecule has 10 bridgehead atoms. The monoisotopic (exact) mass is 736 g/mol. The first kappa shape index (κ1) is 32.1. The smallest absolute Gasteiger partial charge is 0.200 e. The highest BCUT2D eigenvalue weighted by Crippen LogP contribution is 2.79. The minimum atomic E-state index is -2.72. The zero-order valence-corrected chi connectivity index (χ0v) is 28.1. The SMILES string of the molecule is CC[C@]12O[C@@]3(O)C4=C5C(c6c(O)c7c(c(O)c64)C(=O)C=CC7=O)[N+](=[N-])C4C(=C(c6c(O)c7c(c(O)c64)C(=O)C=CC7=O)[C@]4(O)O[C@](CC)([C@@H]5O)[C@H]3[C@H]14)[C@H]2O. The number of aliphatic hydroxyl groups excluding tert-OH is 2. The molecule has 16 heteroatoms. The third kappa shape index (κ3) is 2.79. The van der Waals surface area contributed by atoms with Crippen molar-refractivity contribution < 1.29 is 74.2 Å². The summed E-state index contributed by atoms with van der Waals surface area (Å²) in [6.45, 7) is 3.15. The highest BCUT2D eigenvalue weighted by atomic mass is 16.7. The van der Waals surface area contributed by atoms with Gasteiger partial charge in [0.15, 0.2) is 35.2 Å². The lowest BCUT2D eigenvalue weighted by Gasteiger charge is -2.52. The van der Waals surface area contributed by atoms with Crippen LogP contribution in [0.3, 0.4) is 0 Å². The molecule has 10 atom stereocenters. The highest BCUT2D eigenvalue weighted by Gasteiger charge is 2.88. The Morgan fingerprint density at radius 1 is 0.593 bits per heavy atom. The predicted molar refractivity (Wildman–Crippen MR) is 175 cm³/mol. The van der Waals surface area contributed by atoms with Gasteiger partial charge in [0.25, 0.3) is 0 Å². The molecule has 10 aliphatic rings. The number of carbonyl (C=O) groups excluding carboxylic acids is 4. The predicted octanol–water partition coefficient (Wildman–Crippen LogP) is 1.46. The van der Waals surface area contributed by atoms with Crippen LogP contribution in [0.2, 0.25) is 0 Å². The minimum Gasteiger partial charge on any atom is -0.507 e. The van der Waals surface area contributed by atoms with E-state index >= 15 is 0 Å². The number of carbonyl (C=O) groups is 4. The molecule has 4 aliphatic heterocycles. The van der Waals surface area contributed by atoms with Gasteiger partial charge < -0.3 is 60.6 Å². The van der Waals surface area contributed by atoms with E-state index in [0.717, 1.165) is 24.3 Å². The molecule has 4 heterocycles. The number of aliphatic hydroxyl groups is 4. The molecule has 0 amide bonds. The van der Waals surface area contributed by atoms with Crippen molar-refractivity contribution >= 4 is 34.3 Å². The Kier molecular flexibility index (Phi) is 5.32. The molecule has 6 aliphatic carbocycles. The number of ether oxygens (including phenoxy) is 2. The number of fused-ring (bicyclic) bond motifs is 4. The number of rotatable bonds is 2. The highest BCUT2D eigenvalue weighted by molar-refractivity contribution is 6.26. The van der Waals surface area contributed by atoms with Crippen LogP contribution in [0, 0.1) is 11.8 Å². The van der Waals surface area contributed by atoms with E-state index < -0.39 is 161 Å². The van der Waals surface area contributed by atoms with Gasteiger partial charge in [0.2, 0.25) is 11.6 Å². The van der Waals surface area contributed by atoms with Gasteiger partial charge in [-0.2, -0.15) is 0 Å². The van der Waals surface area contributed by atoms with Crippen molar-refractivity contribution in [3.05, 3.63) is 85.5 Å². The van der Waals surface area contributed by atoms with Gasteiger partial charge in [-0.15, -0.1) is 0 Å². The van der Waals surface area contributed by atoms with Gasteiger partial charge in [-0.3, -0.25) is 19.2 Å². The molecule has 2 aromatic rings. The van der Waals surface area contributed by atoms with E-state index in [2.05, 4.69) is 0 Å². The van der Waals surface area contributed by atoms with Gasteiger partial charge in [0.1, 0.15) is 46.4 Å².